The first-order valence-corrected chi connectivity index (χ1v) is 8.29. The molecule has 0 saturated heterocycles. The van der Waals surface area contributed by atoms with Crippen molar-refractivity contribution >= 4 is 17.5 Å². The molecule has 0 aliphatic carbocycles. The van der Waals surface area contributed by atoms with E-state index >= 15 is 0 Å². The number of hydrogen-bond donors (Lipinski definition) is 1. The Hall–Kier alpha value is -3.69. The maximum absolute atomic E-state index is 12.9. The van der Waals surface area contributed by atoms with E-state index < -0.39 is 28.1 Å². The second kappa shape index (κ2) is 6.80. The summed E-state index contributed by atoms with van der Waals surface area (Å²) in [5.41, 5.74) is 0.0846. The first kappa shape index (κ1) is 19.1. The average molecular weight is 386 g/mol. The van der Waals surface area contributed by atoms with Crippen molar-refractivity contribution in [2.75, 3.05) is 12.4 Å². The fourth-order valence-corrected chi connectivity index (χ4v) is 3.39. The number of benzene rings is 1. The molecular weight excluding hydrogens is 368 g/mol. The Morgan fingerprint density at radius 2 is 1.79 bits per heavy atom. The van der Waals surface area contributed by atoms with Gasteiger partial charge in [-0.3, -0.25) is 24.0 Å². The van der Waals surface area contributed by atoms with Gasteiger partial charge in [0.1, 0.15) is 5.82 Å². The number of rotatable bonds is 3. The lowest BCUT2D eigenvalue weighted by atomic mass is 9.82. The standard InChI is InChI=1S/C18H18N4O6/c1-9-12(17(24)28-4)13(10-5-7-11(8-6-10)22(26)27)14-15(19-9)20(2)18(25)21(3)16(14)23/h5-8,13,19H,1-4H3/t13-/m0/s1. The first-order valence-electron chi connectivity index (χ1n) is 8.29. The fourth-order valence-electron chi connectivity index (χ4n) is 3.39. The molecule has 1 aromatic carbocycles. The van der Waals surface area contributed by atoms with E-state index in [1.807, 2.05) is 0 Å². The number of nitro groups is 1. The van der Waals surface area contributed by atoms with Crippen molar-refractivity contribution in [3.63, 3.8) is 0 Å². The van der Waals surface area contributed by atoms with Gasteiger partial charge in [-0.2, -0.15) is 0 Å². The summed E-state index contributed by atoms with van der Waals surface area (Å²) >= 11 is 0. The lowest BCUT2D eigenvalue weighted by Crippen LogP contribution is -2.43. The van der Waals surface area contributed by atoms with Gasteiger partial charge in [-0.1, -0.05) is 12.1 Å². The zero-order chi connectivity index (χ0) is 20.7. The number of anilines is 1. The average Bonchev–Trinajstić information content (AvgIpc) is 2.69. The predicted octanol–water partition coefficient (Wildman–Crippen LogP) is 0.997. The number of nitrogens with one attached hydrogen (secondary N) is 1. The van der Waals surface area contributed by atoms with Gasteiger partial charge in [-0.25, -0.2) is 9.59 Å². The third-order valence-electron chi connectivity index (χ3n) is 4.83. The highest BCUT2D eigenvalue weighted by atomic mass is 16.6. The summed E-state index contributed by atoms with van der Waals surface area (Å²) in [5.74, 6) is -1.23. The molecular formula is C18H18N4O6. The van der Waals surface area contributed by atoms with E-state index in [0.29, 0.717) is 11.3 Å². The molecule has 0 fully saturated rings. The Balaban J connectivity index is 2.37. The van der Waals surface area contributed by atoms with Gasteiger partial charge in [0.15, 0.2) is 0 Å². The number of allylic oxidation sites excluding steroid dienone is 1. The number of ether oxygens (including phenoxy) is 1. The van der Waals surface area contributed by atoms with Gasteiger partial charge in [-0.05, 0) is 12.5 Å². The smallest absolute Gasteiger partial charge is 0.336 e. The lowest BCUT2D eigenvalue weighted by molar-refractivity contribution is -0.384. The van der Waals surface area contributed by atoms with Gasteiger partial charge in [0.2, 0.25) is 0 Å². The number of nitrogens with zero attached hydrogens (tertiary/aromatic N) is 3. The lowest BCUT2D eigenvalue weighted by Gasteiger charge is -2.30. The monoisotopic (exact) mass is 386 g/mol. The van der Waals surface area contributed by atoms with Gasteiger partial charge < -0.3 is 10.1 Å². The van der Waals surface area contributed by atoms with Crippen molar-refractivity contribution in [2.45, 2.75) is 12.8 Å². The number of carbonyl (C=O) groups is 1. The van der Waals surface area contributed by atoms with Crippen molar-refractivity contribution in [2.24, 2.45) is 14.1 Å². The Labute approximate surface area is 158 Å². The third-order valence-corrected chi connectivity index (χ3v) is 4.83. The fraction of sp³-hybridized carbons (Fsp3) is 0.278. The molecule has 1 N–H and O–H groups in total. The molecule has 0 unspecified atom stereocenters. The summed E-state index contributed by atoms with van der Waals surface area (Å²) in [7, 11) is 4.08. The molecule has 10 heteroatoms. The minimum absolute atomic E-state index is 0.119. The van der Waals surface area contributed by atoms with Crippen LogP contribution in [0.4, 0.5) is 11.5 Å². The minimum atomic E-state index is -0.852. The number of non-ortho nitro benzene ring substituents is 1. The normalized spacial score (nSPS) is 15.6. The first-order chi connectivity index (χ1) is 13.2. The number of aromatic nitrogens is 2. The van der Waals surface area contributed by atoms with E-state index in [1.165, 1.54) is 50.0 Å². The second-order valence-corrected chi connectivity index (χ2v) is 6.40. The molecule has 1 aromatic heterocycles. The summed E-state index contributed by atoms with van der Waals surface area (Å²) in [5, 5.41) is 13.9. The molecule has 0 spiro atoms. The SMILES string of the molecule is COC(=O)C1=C(C)Nc2c(c(=O)n(C)c(=O)n2C)[C@H]1c1ccc([N+](=O)[O-])cc1. The highest BCUT2D eigenvalue weighted by Crippen LogP contribution is 2.40. The van der Waals surface area contributed by atoms with E-state index in [4.69, 9.17) is 4.74 Å². The molecule has 2 heterocycles. The van der Waals surface area contributed by atoms with E-state index in [9.17, 15) is 24.5 Å². The van der Waals surface area contributed by atoms with E-state index in [-0.39, 0.29) is 22.6 Å². The number of methoxy groups -OCH3 is 1. The van der Waals surface area contributed by atoms with Crippen molar-refractivity contribution < 1.29 is 14.5 Å². The highest BCUT2D eigenvalue weighted by Gasteiger charge is 2.37. The Morgan fingerprint density at radius 1 is 1.18 bits per heavy atom. The zero-order valence-electron chi connectivity index (χ0n) is 15.7. The number of esters is 1. The molecule has 0 amide bonds. The molecule has 0 saturated carbocycles. The second-order valence-electron chi connectivity index (χ2n) is 6.40. The largest absolute Gasteiger partial charge is 0.466 e. The maximum atomic E-state index is 12.9. The number of carbonyl (C=O) groups excluding carboxylic acids is 1. The van der Waals surface area contributed by atoms with E-state index in [2.05, 4.69) is 5.32 Å². The minimum Gasteiger partial charge on any atom is -0.466 e. The summed E-state index contributed by atoms with van der Waals surface area (Å²) < 4.78 is 7.13. The number of nitro benzene ring substituents is 1. The summed E-state index contributed by atoms with van der Waals surface area (Å²) in [6.45, 7) is 1.63. The van der Waals surface area contributed by atoms with Crippen LogP contribution < -0.4 is 16.6 Å². The molecule has 146 valence electrons. The van der Waals surface area contributed by atoms with Crippen LogP contribution in [0.1, 0.15) is 24.0 Å². The molecule has 0 bridgehead atoms. The summed E-state index contributed by atoms with van der Waals surface area (Å²) in [4.78, 5) is 48.2. The van der Waals surface area contributed by atoms with Crippen molar-refractivity contribution in [1.29, 1.82) is 0 Å². The molecule has 2 aromatic rings. The van der Waals surface area contributed by atoms with Crippen LogP contribution in [0.25, 0.3) is 0 Å². The van der Waals surface area contributed by atoms with E-state index in [1.54, 1.807) is 6.92 Å². The van der Waals surface area contributed by atoms with Crippen LogP contribution in [-0.2, 0) is 23.6 Å². The highest BCUT2D eigenvalue weighted by molar-refractivity contribution is 5.94. The van der Waals surface area contributed by atoms with Crippen LogP contribution in [0.5, 0.6) is 0 Å². The van der Waals surface area contributed by atoms with Crippen LogP contribution in [0.3, 0.4) is 0 Å². The Bertz CT molecular complexity index is 1140. The molecule has 1 atom stereocenters. The van der Waals surface area contributed by atoms with Crippen LogP contribution in [0.15, 0.2) is 45.1 Å². The topological polar surface area (TPSA) is 125 Å². The van der Waals surface area contributed by atoms with Crippen molar-refractivity contribution in [1.82, 2.24) is 9.13 Å². The van der Waals surface area contributed by atoms with Gasteiger partial charge in [0, 0.05) is 31.9 Å². The molecule has 1 aliphatic heterocycles. The van der Waals surface area contributed by atoms with Crippen molar-refractivity contribution in [3.8, 4) is 0 Å². The van der Waals surface area contributed by atoms with Gasteiger partial charge in [0.25, 0.3) is 11.2 Å². The number of fused-ring (bicyclic) bond motifs is 1. The maximum Gasteiger partial charge on any atom is 0.336 e. The van der Waals surface area contributed by atoms with Crippen LogP contribution in [0.2, 0.25) is 0 Å². The number of hydrogen-bond acceptors (Lipinski definition) is 7. The molecule has 28 heavy (non-hydrogen) atoms. The predicted molar refractivity (Wildman–Crippen MR) is 100 cm³/mol. The zero-order valence-corrected chi connectivity index (χ0v) is 15.7. The van der Waals surface area contributed by atoms with Crippen LogP contribution in [-0.4, -0.2) is 27.1 Å². The quantitative estimate of drug-likeness (QED) is 0.474. The third kappa shape index (κ3) is 2.79. The molecule has 3 rings (SSSR count). The van der Waals surface area contributed by atoms with Crippen LogP contribution >= 0.6 is 0 Å². The van der Waals surface area contributed by atoms with Gasteiger partial charge in [-0.15, -0.1) is 0 Å². The van der Waals surface area contributed by atoms with Crippen molar-refractivity contribution in [3.05, 3.63) is 77.6 Å². The summed E-state index contributed by atoms with van der Waals surface area (Å²) in [6, 6.07) is 5.57. The molecule has 0 radical (unpaired) electrons. The van der Waals surface area contributed by atoms with Crippen LogP contribution in [0, 0.1) is 10.1 Å². The Kier molecular flexibility index (Phi) is 4.63. The van der Waals surface area contributed by atoms with Gasteiger partial charge >= 0.3 is 11.7 Å². The van der Waals surface area contributed by atoms with E-state index in [0.717, 1.165) is 4.57 Å². The Morgan fingerprint density at radius 3 is 2.32 bits per heavy atom. The van der Waals surface area contributed by atoms with Gasteiger partial charge in [0.05, 0.1) is 29.1 Å². The molecule has 10 nitrogen and oxygen atoms in total. The summed E-state index contributed by atoms with van der Waals surface area (Å²) in [6.07, 6.45) is 0. The molecule has 1 aliphatic rings.